The van der Waals surface area contributed by atoms with E-state index in [1.54, 1.807) is 39.0 Å². The Morgan fingerprint density at radius 2 is 1.71 bits per heavy atom. The highest BCUT2D eigenvalue weighted by Gasteiger charge is 2.32. The summed E-state index contributed by atoms with van der Waals surface area (Å²) in [5.74, 6) is -2.14. The molecule has 0 saturated heterocycles. The van der Waals surface area contributed by atoms with Gasteiger partial charge in [0.25, 0.3) is 0 Å². The third-order valence-electron chi connectivity index (χ3n) is 6.88. The molecule has 1 aliphatic rings. The van der Waals surface area contributed by atoms with Crippen LogP contribution in [0.5, 0.6) is 0 Å². The molecule has 1 amide bonds. The van der Waals surface area contributed by atoms with E-state index in [1.165, 1.54) is 34.5 Å². The van der Waals surface area contributed by atoms with Crippen molar-refractivity contribution in [1.82, 2.24) is 0 Å². The lowest BCUT2D eigenvalue weighted by atomic mass is 9.85. The minimum absolute atomic E-state index is 0.0410. The van der Waals surface area contributed by atoms with Gasteiger partial charge in [0.1, 0.15) is 6.10 Å². The smallest absolute Gasteiger partial charge is 0.405 e. The van der Waals surface area contributed by atoms with Crippen LogP contribution in [-0.2, 0) is 38.1 Å². The molecule has 42 heavy (non-hydrogen) atoms. The van der Waals surface area contributed by atoms with Crippen molar-refractivity contribution in [1.29, 1.82) is 0 Å². The lowest BCUT2D eigenvalue weighted by Gasteiger charge is -2.29. The maximum atomic E-state index is 12.6. The number of esters is 1. The van der Waals surface area contributed by atoms with E-state index in [0.717, 1.165) is 6.08 Å². The zero-order valence-electron chi connectivity index (χ0n) is 25.5. The van der Waals surface area contributed by atoms with E-state index in [9.17, 15) is 24.3 Å². The molecule has 12 nitrogen and oxygen atoms in total. The second-order valence-corrected chi connectivity index (χ2v) is 10.2. The number of hydrogen-bond donors (Lipinski definition) is 3. The van der Waals surface area contributed by atoms with E-state index in [-0.39, 0.29) is 29.4 Å². The summed E-state index contributed by atoms with van der Waals surface area (Å²) < 4.78 is 26.3. The molecule has 0 spiro atoms. The van der Waals surface area contributed by atoms with Crippen LogP contribution >= 0.6 is 0 Å². The highest BCUT2D eigenvalue weighted by atomic mass is 16.6. The number of carbonyl (C=O) groups is 4. The fourth-order valence-electron chi connectivity index (χ4n) is 4.64. The van der Waals surface area contributed by atoms with Crippen LogP contribution in [0.4, 0.5) is 4.79 Å². The number of ketones is 2. The van der Waals surface area contributed by atoms with E-state index >= 15 is 0 Å². The fraction of sp³-hybridized carbons (Fsp3) is 0.533. The molecule has 0 aromatic rings. The summed E-state index contributed by atoms with van der Waals surface area (Å²) >= 11 is 0. The summed E-state index contributed by atoms with van der Waals surface area (Å²) in [6.07, 6.45) is 3.66. The molecule has 0 radical (unpaired) electrons. The van der Waals surface area contributed by atoms with Crippen molar-refractivity contribution in [2.75, 3.05) is 28.4 Å². The van der Waals surface area contributed by atoms with Gasteiger partial charge in [-0.3, -0.25) is 9.59 Å². The number of allylic oxidation sites excluding steroid dienone is 4. The standard InChI is InChI=1S/C30H44N2O10/c1-16(12-20-26(35)21(31)15-22(33)28(20)40-7)13-24(39-6)25(34)18(3)14-19(4)27(42-30(32)37)23(38-5)11-9-10-17(2)29(36)41-8/h9-11,14-16,18,23-25,27,34H,12-13,31H2,1-8H3,(H2,32,37)/b11-9-,17-10+,19-14+/t16-,18+,23+,24+,25-,27+/m1/s1. The molecule has 1 aliphatic carbocycles. The van der Waals surface area contributed by atoms with Crippen molar-refractivity contribution in [3.63, 3.8) is 0 Å². The molecule has 0 aliphatic heterocycles. The molecule has 12 heteroatoms. The van der Waals surface area contributed by atoms with E-state index in [4.69, 9.17) is 30.4 Å². The molecular weight excluding hydrogens is 548 g/mol. The number of aliphatic hydroxyl groups is 1. The fourth-order valence-corrected chi connectivity index (χ4v) is 4.64. The lowest BCUT2D eigenvalue weighted by molar-refractivity contribution is -0.136. The van der Waals surface area contributed by atoms with Crippen LogP contribution in [0.3, 0.4) is 0 Å². The largest absolute Gasteiger partial charge is 0.492 e. The number of rotatable bonds is 16. The number of ether oxygens (including phenoxy) is 5. The van der Waals surface area contributed by atoms with Gasteiger partial charge >= 0.3 is 12.1 Å². The van der Waals surface area contributed by atoms with Gasteiger partial charge in [0, 0.05) is 37.4 Å². The van der Waals surface area contributed by atoms with Crippen LogP contribution in [0, 0.1) is 11.8 Å². The van der Waals surface area contributed by atoms with Crippen LogP contribution in [0.1, 0.15) is 40.5 Å². The first-order valence-corrected chi connectivity index (χ1v) is 13.4. The van der Waals surface area contributed by atoms with Gasteiger partial charge in [-0.25, -0.2) is 9.59 Å². The molecule has 0 aromatic heterocycles. The Morgan fingerprint density at radius 1 is 1.07 bits per heavy atom. The summed E-state index contributed by atoms with van der Waals surface area (Å²) in [5, 5.41) is 11.2. The van der Waals surface area contributed by atoms with Crippen LogP contribution in [0.2, 0.25) is 0 Å². The molecule has 234 valence electrons. The number of carbonyl (C=O) groups excluding carboxylic acids is 4. The monoisotopic (exact) mass is 592 g/mol. The topological polar surface area (TPSA) is 187 Å². The third-order valence-corrected chi connectivity index (χ3v) is 6.88. The number of Topliss-reactive ketones (excluding diaryl/α,β-unsaturated/α-hetero) is 1. The Morgan fingerprint density at radius 3 is 2.24 bits per heavy atom. The van der Waals surface area contributed by atoms with Gasteiger partial charge in [0.05, 0.1) is 32.1 Å². The van der Waals surface area contributed by atoms with Crippen molar-refractivity contribution < 1.29 is 48.0 Å². The van der Waals surface area contributed by atoms with E-state index in [2.05, 4.69) is 4.74 Å². The maximum Gasteiger partial charge on any atom is 0.405 e. The minimum Gasteiger partial charge on any atom is -0.492 e. The summed E-state index contributed by atoms with van der Waals surface area (Å²) in [6, 6.07) is 0. The molecule has 0 heterocycles. The average Bonchev–Trinajstić information content (AvgIpc) is 2.94. The number of methoxy groups -OCH3 is 4. The molecular formula is C30H44N2O10. The number of nitrogens with two attached hydrogens (primary N) is 2. The van der Waals surface area contributed by atoms with Crippen LogP contribution < -0.4 is 11.5 Å². The summed E-state index contributed by atoms with van der Waals surface area (Å²) in [4.78, 5) is 48.1. The molecule has 5 N–H and O–H groups in total. The Labute approximate surface area is 247 Å². The summed E-state index contributed by atoms with van der Waals surface area (Å²) in [5.41, 5.74) is 12.0. The second kappa shape index (κ2) is 17.3. The van der Waals surface area contributed by atoms with Gasteiger partial charge < -0.3 is 40.3 Å². The van der Waals surface area contributed by atoms with Crippen molar-refractivity contribution >= 4 is 23.6 Å². The van der Waals surface area contributed by atoms with E-state index in [0.29, 0.717) is 17.6 Å². The van der Waals surface area contributed by atoms with Crippen LogP contribution in [-0.4, -0.2) is 81.6 Å². The molecule has 1 rings (SSSR count). The summed E-state index contributed by atoms with van der Waals surface area (Å²) in [6.45, 7) is 6.93. The first-order chi connectivity index (χ1) is 19.7. The predicted molar refractivity (Wildman–Crippen MR) is 155 cm³/mol. The van der Waals surface area contributed by atoms with Crippen molar-refractivity contribution in [3.8, 4) is 0 Å². The zero-order valence-corrected chi connectivity index (χ0v) is 25.5. The lowest BCUT2D eigenvalue weighted by Crippen LogP contribution is -2.37. The van der Waals surface area contributed by atoms with Crippen LogP contribution in [0.25, 0.3) is 0 Å². The van der Waals surface area contributed by atoms with Gasteiger partial charge in [-0.1, -0.05) is 38.2 Å². The quantitative estimate of drug-likeness (QED) is 0.0785. The van der Waals surface area contributed by atoms with Gasteiger partial charge in [-0.05, 0) is 38.2 Å². The van der Waals surface area contributed by atoms with Crippen molar-refractivity contribution in [2.45, 2.75) is 65.0 Å². The van der Waals surface area contributed by atoms with Crippen molar-refractivity contribution in [3.05, 3.63) is 58.6 Å². The van der Waals surface area contributed by atoms with Gasteiger partial charge in [0.15, 0.2) is 11.9 Å². The number of primary amides is 1. The highest BCUT2D eigenvalue weighted by Crippen LogP contribution is 2.28. The van der Waals surface area contributed by atoms with Gasteiger partial charge in [-0.2, -0.15) is 0 Å². The number of hydrogen-bond acceptors (Lipinski definition) is 11. The summed E-state index contributed by atoms with van der Waals surface area (Å²) in [7, 11) is 5.49. The van der Waals surface area contributed by atoms with E-state index < -0.39 is 54.0 Å². The second-order valence-electron chi connectivity index (χ2n) is 10.2. The van der Waals surface area contributed by atoms with Gasteiger partial charge in [-0.15, -0.1) is 0 Å². The Balaban J connectivity index is 3.12. The molecule has 0 fully saturated rings. The first kappa shape index (κ1) is 36.3. The molecule has 0 bridgehead atoms. The molecule has 6 atom stereocenters. The maximum absolute atomic E-state index is 12.6. The third kappa shape index (κ3) is 10.3. The predicted octanol–water partition coefficient (Wildman–Crippen LogP) is 2.41. The normalized spacial score (nSPS) is 19.1. The number of amides is 1. The van der Waals surface area contributed by atoms with Gasteiger partial charge in [0.2, 0.25) is 11.6 Å². The van der Waals surface area contributed by atoms with Crippen molar-refractivity contribution in [2.24, 2.45) is 23.3 Å². The number of aliphatic hydroxyl groups excluding tert-OH is 1. The zero-order chi connectivity index (χ0) is 32.1. The van der Waals surface area contributed by atoms with E-state index in [1.807, 2.05) is 6.92 Å². The Kier molecular flexibility index (Phi) is 14.9. The average molecular weight is 593 g/mol. The minimum atomic E-state index is -1.02. The first-order valence-electron chi connectivity index (χ1n) is 13.4. The highest BCUT2D eigenvalue weighted by molar-refractivity contribution is 6.21. The molecule has 0 aromatic carbocycles. The Bertz CT molecular complexity index is 1150. The SMILES string of the molecule is COC(=O)/C(C)=C/C=C\[C@H](OC)[C@@H](OC(N)=O)/C(C)=C/[C@H](C)[C@@H](O)[C@H](C[C@H](C)CC1=C(OC)C(=O)C=C(N)C1=O)OC. The Hall–Kier alpha value is -3.74. The molecule has 0 unspecified atom stereocenters. The van der Waals surface area contributed by atoms with Crippen LogP contribution in [0.15, 0.2) is 58.6 Å². The molecule has 0 saturated carbocycles.